The van der Waals surface area contributed by atoms with Crippen LogP contribution in [0, 0.1) is 0 Å². The highest BCUT2D eigenvalue weighted by Crippen LogP contribution is 2.42. The van der Waals surface area contributed by atoms with Gasteiger partial charge < -0.3 is 5.11 Å². The highest BCUT2D eigenvalue weighted by Gasteiger charge is 2.38. The minimum Gasteiger partial charge on any atom is -0.386 e. The molecule has 1 N–H and O–H groups in total. The fourth-order valence-corrected chi connectivity index (χ4v) is 4.29. The zero-order valence-electron chi connectivity index (χ0n) is 12.9. The second-order valence-corrected chi connectivity index (χ2v) is 7.42. The molecular weight excluding hydrogens is 354 g/mol. The molecule has 1 aromatic heterocycles. The van der Waals surface area contributed by atoms with Crippen molar-refractivity contribution in [2.75, 3.05) is 0 Å². The summed E-state index contributed by atoms with van der Waals surface area (Å²) in [5.41, 5.74) is 2.62. The quantitative estimate of drug-likeness (QED) is 0.701. The number of amidine groups is 1. The van der Waals surface area contributed by atoms with Crippen LogP contribution in [0.3, 0.4) is 0 Å². The summed E-state index contributed by atoms with van der Waals surface area (Å²) in [6.07, 6.45) is -0.739. The third-order valence-electron chi connectivity index (χ3n) is 4.37. The Hall–Kier alpha value is -2.21. The first-order valence-electron chi connectivity index (χ1n) is 7.87. The third kappa shape index (κ3) is 2.47. The molecular formula is C19H12ClN3OS. The van der Waals surface area contributed by atoms with Gasteiger partial charge >= 0.3 is 0 Å². The molecule has 2 aromatic carbocycles. The zero-order valence-corrected chi connectivity index (χ0v) is 14.5. The van der Waals surface area contributed by atoms with Crippen LogP contribution in [0.5, 0.6) is 0 Å². The van der Waals surface area contributed by atoms with Gasteiger partial charge in [0.05, 0.1) is 5.52 Å². The monoisotopic (exact) mass is 365 g/mol. The smallest absolute Gasteiger partial charge is 0.156 e. The molecule has 0 unspecified atom stereocenters. The SMILES string of the molecule is O[C@H]1c2cc3ccccc3nc2SC2=NC(c3ccc(Cl)cc3)=N[C@H]21. The Kier molecular flexibility index (Phi) is 3.41. The molecule has 6 heteroatoms. The van der Waals surface area contributed by atoms with E-state index < -0.39 is 6.10 Å². The number of aliphatic imine (C=N–C) groups is 2. The number of hydrogen-bond acceptors (Lipinski definition) is 5. The van der Waals surface area contributed by atoms with Crippen LogP contribution >= 0.6 is 23.4 Å². The Labute approximate surface area is 153 Å². The van der Waals surface area contributed by atoms with Crippen LogP contribution in [0.4, 0.5) is 0 Å². The second kappa shape index (κ2) is 5.66. The minimum atomic E-state index is -0.739. The number of aliphatic hydroxyl groups excluding tert-OH is 1. The molecule has 25 heavy (non-hydrogen) atoms. The molecule has 2 aliphatic rings. The fraction of sp³-hybridized carbons (Fsp3) is 0.105. The van der Waals surface area contributed by atoms with Crippen LogP contribution in [-0.2, 0) is 0 Å². The number of rotatable bonds is 1. The van der Waals surface area contributed by atoms with E-state index in [0.29, 0.717) is 10.9 Å². The van der Waals surface area contributed by atoms with Crippen molar-refractivity contribution in [2.45, 2.75) is 17.2 Å². The molecule has 4 nitrogen and oxygen atoms in total. The molecule has 5 rings (SSSR count). The second-order valence-electron chi connectivity index (χ2n) is 5.98. The number of fused-ring (bicyclic) bond motifs is 3. The summed E-state index contributed by atoms with van der Waals surface area (Å²) in [5, 5.41) is 14.1. The first-order chi connectivity index (χ1) is 12.2. The molecule has 0 saturated carbocycles. The third-order valence-corrected chi connectivity index (χ3v) is 5.68. The first kappa shape index (κ1) is 15.1. The number of thioether (sulfide) groups is 1. The summed E-state index contributed by atoms with van der Waals surface area (Å²) in [6, 6.07) is 16.9. The standard InChI is InChI=1S/C19H12ClN3OS/c20-12-7-5-10(6-8-12)17-22-15-16(24)13-9-11-3-1-2-4-14(11)21-18(13)25-19(15)23-17/h1-9,15-16,24H/t15-,16-/m0/s1. The van der Waals surface area contributed by atoms with Gasteiger partial charge in [-0.15, -0.1) is 0 Å². The van der Waals surface area contributed by atoms with Gasteiger partial charge in [-0.1, -0.05) is 41.6 Å². The van der Waals surface area contributed by atoms with Crippen molar-refractivity contribution in [3.8, 4) is 0 Å². The van der Waals surface area contributed by atoms with Crippen LogP contribution < -0.4 is 0 Å². The van der Waals surface area contributed by atoms with Crippen LogP contribution in [-0.4, -0.2) is 27.0 Å². The number of hydrogen-bond donors (Lipinski definition) is 1. The van der Waals surface area contributed by atoms with Crippen molar-refractivity contribution in [3.05, 3.63) is 70.7 Å². The highest BCUT2D eigenvalue weighted by molar-refractivity contribution is 8.14. The van der Waals surface area contributed by atoms with E-state index in [1.165, 1.54) is 11.8 Å². The maximum atomic E-state index is 10.8. The molecule has 2 aliphatic heterocycles. The van der Waals surface area contributed by atoms with Crippen molar-refractivity contribution in [3.63, 3.8) is 0 Å². The molecule has 0 amide bonds. The van der Waals surface area contributed by atoms with E-state index in [9.17, 15) is 5.11 Å². The molecule has 3 heterocycles. The maximum Gasteiger partial charge on any atom is 0.156 e. The lowest BCUT2D eigenvalue weighted by molar-refractivity contribution is 0.167. The van der Waals surface area contributed by atoms with Crippen molar-refractivity contribution < 1.29 is 5.11 Å². The van der Waals surface area contributed by atoms with Gasteiger partial charge in [-0.2, -0.15) is 0 Å². The molecule has 122 valence electrons. The largest absolute Gasteiger partial charge is 0.386 e. The summed E-state index contributed by atoms with van der Waals surface area (Å²) in [7, 11) is 0. The molecule has 0 radical (unpaired) electrons. The van der Waals surface area contributed by atoms with Crippen LogP contribution in [0.25, 0.3) is 10.9 Å². The molecule has 3 aromatic rings. The van der Waals surface area contributed by atoms with Crippen molar-refractivity contribution in [1.82, 2.24) is 4.98 Å². The number of halogens is 1. The summed E-state index contributed by atoms with van der Waals surface area (Å²) in [6.45, 7) is 0. The number of nitrogens with zero attached hydrogens (tertiary/aromatic N) is 3. The van der Waals surface area contributed by atoms with Crippen molar-refractivity contribution in [1.29, 1.82) is 0 Å². The Morgan fingerprint density at radius 3 is 2.68 bits per heavy atom. The topological polar surface area (TPSA) is 57.8 Å². The number of para-hydroxylation sites is 1. The van der Waals surface area contributed by atoms with Crippen LogP contribution in [0.2, 0.25) is 5.02 Å². The Morgan fingerprint density at radius 1 is 1.04 bits per heavy atom. The predicted octanol–water partition coefficient (Wildman–Crippen LogP) is 4.25. The minimum absolute atomic E-state index is 0.369. The average Bonchev–Trinajstić information content (AvgIpc) is 3.05. The van der Waals surface area contributed by atoms with Gasteiger partial charge in [-0.25, -0.2) is 9.98 Å². The van der Waals surface area contributed by atoms with E-state index in [0.717, 1.165) is 32.1 Å². The van der Waals surface area contributed by atoms with E-state index in [1.54, 1.807) is 0 Å². The Morgan fingerprint density at radius 2 is 1.84 bits per heavy atom. The van der Waals surface area contributed by atoms with Crippen LogP contribution in [0.15, 0.2) is 69.6 Å². The number of benzene rings is 2. The van der Waals surface area contributed by atoms with Crippen LogP contribution in [0.1, 0.15) is 17.2 Å². The molecule has 0 bridgehead atoms. The number of aliphatic hydroxyl groups is 1. The van der Waals surface area contributed by atoms with E-state index >= 15 is 0 Å². The van der Waals surface area contributed by atoms with Gasteiger partial charge in [0.2, 0.25) is 0 Å². The number of pyridine rings is 1. The zero-order chi connectivity index (χ0) is 17.0. The molecule has 0 saturated heterocycles. The maximum absolute atomic E-state index is 10.8. The lowest BCUT2D eigenvalue weighted by atomic mass is 10.0. The lowest BCUT2D eigenvalue weighted by Gasteiger charge is -2.25. The van der Waals surface area contributed by atoms with Gasteiger partial charge in [0.1, 0.15) is 22.2 Å². The van der Waals surface area contributed by atoms with Gasteiger partial charge in [-0.3, -0.25) is 4.99 Å². The van der Waals surface area contributed by atoms with Gasteiger partial charge in [0.25, 0.3) is 0 Å². The molecule has 0 fully saturated rings. The van der Waals surface area contributed by atoms with Gasteiger partial charge in [0.15, 0.2) is 5.84 Å². The summed E-state index contributed by atoms with van der Waals surface area (Å²) in [4.78, 5) is 14.0. The van der Waals surface area contributed by atoms with E-state index in [1.807, 2.05) is 54.6 Å². The molecule has 0 aliphatic carbocycles. The molecule has 2 atom stereocenters. The normalized spacial score (nSPS) is 21.5. The molecule has 0 spiro atoms. The van der Waals surface area contributed by atoms with E-state index in [2.05, 4.69) is 15.0 Å². The summed E-state index contributed by atoms with van der Waals surface area (Å²) >= 11 is 7.43. The van der Waals surface area contributed by atoms with Crippen molar-refractivity contribution >= 4 is 45.1 Å². The van der Waals surface area contributed by atoms with E-state index in [4.69, 9.17) is 11.6 Å². The highest BCUT2D eigenvalue weighted by atomic mass is 35.5. The number of aromatic nitrogens is 1. The van der Waals surface area contributed by atoms with Gasteiger partial charge in [-0.05, 0) is 36.4 Å². The van der Waals surface area contributed by atoms with Crippen molar-refractivity contribution in [2.24, 2.45) is 9.98 Å². The average molecular weight is 366 g/mol. The predicted molar refractivity (Wildman–Crippen MR) is 102 cm³/mol. The summed E-state index contributed by atoms with van der Waals surface area (Å²) < 4.78 is 0. The van der Waals surface area contributed by atoms with E-state index in [-0.39, 0.29) is 6.04 Å². The fourth-order valence-electron chi connectivity index (χ4n) is 3.09. The van der Waals surface area contributed by atoms with Gasteiger partial charge in [0, 0.05) is 21.5 Å². The Bertz CT molecular complexity index is 1060. The summed E-state index contributed by atoms with van der Waals surface area (Å²) in [5.74, 6) is 0.626. The first-order valence-corrected chi connectivity index (χ1v) is 9.06. The lowest BCUT2D eigenvalue weighted by Crippen LogP contribution is -2.27. The Balaban J connectivity index is 1.58.